The van der Waals surface area contributed by atoms with Gasteiger partial charge in [0, 0.05) is 5.39 Å². The topological polar surface area (TPSA) is 128 Å². The van der Waals surface area contributed by atoms with E-state index in [4.69, 9.17) is 18.6 Å². The van der Waals surface area contributed by atoms with E-state index in [9.17, 15) is 19.5 Å². The number of unbranched alkanes of at least 4 members (excludes halogenated alkanes) is 2. The summed E-state index contributed by atoms with van der Waals surface area (Å²) in [6, 6.07) is 12.7. The number of methoxy groups -OCH3 is 1. The number of aliphatic hydroxyl groups is 1. The predicted octanol–water partition coefficient (Wildman–Crippen LogP) is 6.90. The summed E-state index contributed by atoms with van der Waals surface area (Å²) < 4.78 is 22.4. The van der Waals surface area contributed by atoms with Crippen molar-refractivity contribution in [3.05, 3.63) is 94.4 Å². The molecule has 1 unspecified atom stereocenters. The molecule has 0 saturated heterocycles. The fourth-order valence-corrected chi connectivity index (χ4v) is 5.97. The molecule has 44 heavy (non-hydrogen) atoms. The number of amides is 1. The summed E-state index contributed by atoms with van der Waals surface area (Å²) in [5.74, 6) is -2.01. The van der Waals surface area contributed by atoms with Gasteiger partial charge in [0.1, 0.15) is 17.2 Å². The van der Waals surface area contributed by atoms with Crippen LogP contribution < -0.4 is 14.4 Å². The highest BCUT2D eigenvalue weighted by Crippen LogP contribution is 2.45. The zero-order valence-corrected chi connectivity index (χ0v) is 25.4. The molecule has 0 saturated carbocycles. The molecule has 5 rings (SSSR count). The second-order valence-corrected chi connectivity index (χ2v) is 11.1. The first-order chi connectivity index (χ1) is 21.3. The Kier molecular flexibility index (Phi) is 9.15. The van der Waals surface area contributed by atoms with Crippen molar-refractivity contribution in [2.45, 2.75) is 39.2 Å². The van der Waals surface area contributed by atoms with Crippen LogP contribution in [0.3, 0.4) is 0 Å². The number of aliphatic hydroxyl groups excluding tert-OH is 1. The van der Waals surface area contributed by atoms with Gasteiger partial charge < -0.3 is 23.7 Å². The highest BCUT2D eigenvalue weighted by Gasteiger charge is 2.47. The largest absolute Gasteiger partial charge is 0.503 e. The third kappa shape index (κ3) is 5.83. The number of furan rings is 1. The Hall–Kier alpha value is -4.90. The van der Waals surface area contributed by atoms with Crippen LogP contribution in [0.4, 0.5) is 5.13 Å². The van der Waals surface area contributed by atoms with Gasteiger partial charge in [-0.05, 0) is 43.2 Å². The van der Waals surface area contributed by atoms with Gasteiger partial charge in [0.15, 0.2) is 28.0 Å². The van der Waals surface area contributed by atoms with Crippen molar-refractivity contribution in [1.29, 1.82) is 0 Å². The van der Waals surface area contributed by atoms with Crippen molar-refractivity contribution < 1.29 is 38.1 Å². The standard InChI is InChI=1S/C33H32N2O8S/c1-5-7-8-16-41-22-13-9-11-20(17-22)26-25(27(36)24-18-21-12-10-14-23(40-4)29(21)43-24)28(37)31(38)35(26)33-34-19(3)30(44-33)32(39)42-15-6-2/h6,9-14,17-18,26,37H,2,5,7-8,15-16H2,1,3-4H3. The number of ketones is 1. The van der Waals surface area contributed by atoms with E-state index in [1.165, 1.54) is 18.1 Å². The number of carbonyl (C=O) groups excluding carboxylic acids is 3. The first-order valence-electron chi connectivity index (χ1n) is 14.1. The van der Waals surface area contributed by atoms with Gasteiger partial charge in [0.05, 0.1) is 31.0 Å². The molecule has 0 fully saturated rings. The van der Waals surface area contributed by atoms with Gasteiger partial charge in [-0.3, -0.25) is 14.5 Å². The molecule has 1 N–H and O–H groups in total. The fourth-order valence-electron chi connectivity index (χ4n) is 4.98. The average Bonchev–Trinajstić information content (AvgIpc) is 3.71. The number of benzene rings is 2. The SMILES string of the molecule is C=CCOC(=O)c1sc(N2C(=O)C(O)=C(C(=O)c3cc4cccc(OC)c4o3)C2c2cccc(OCCCCC)c2)nc1C. The van der Waals surface area contributed by atoms with Crippen LogP contribution in [0.15, 0.2) is 76.9 Å². The number of aryl methyl sites for hydroxylation is 1. The molecule has 0 bridgehead atoms. The van der Waals surface area contributed by atoms with Crippen molar-refractivity contribution in [2.75, 3.05) is 25.2 Å². The number of ether oxygens (including phenoxy) is 3. The Labute approximate surface area is 258 Å². The molecule has 1 aliphatic rings. The number of aromatic nitrogens is 1. The van der Waals surface area contributed by atoms with E-state index >= 15 is 0 Å². The van der Waals surface area contributed by atoms with Crippen molar-refractivity contribution in [1.82, 2.24) is 4.98 Å². The maximum absolute atomic E-state index is 14.1. The van der Waals surface area contributed by atoms with Gasteiger partial charge in [0.2, 0.25) is 5.78 Å². The smallest absolute Gasteiger partial charge is 0.350 e. The molecule has 2 aromatic carbocycles. The van der Waals surface area contributed by atoms with Crippen LogP contribution in [0.1, 0.15) is 63.7 Å². The summed E-state index contributed by atoms with van der Waals surface area (Å²) in [7, 11) is 1.49. The van der Waals surface area contributed by atoms with Crippen molar-refractivity contribution >= 4 is 45.1 Å². The number of anilines is 1. The zero-order valence-electron chi connectivity index (χ0n) is 24.6. The molecule has 2 aromatic heterocycles. The minimum atomic E-state index is -1.10. The molecule has 0 spiro atoms. The molecular formula is C33H32N2O8S. The lowest BCUT2D eigenvalue weighted by Crippen LogP contribution is -2.31. The molecule has 1 amide bonds. The minimum absolute atomic E-state index is 0.00506. The number of Topliss-reactive ketones (excluding diaryl/α,β-unsaturated/α-hetero) is 1. The number of esters is 1. The van der Waals surface area contributed by atoms with E-state index in [0.717, 1.165) is 30.6 Å². The Morgan fingerprint density at radius 1 is 1.18 bits per heavy atom. The first kappa shape index (κ1) is 30.6. The van der Waals surface area contributed by atoms with Crippen molar-refractivity contribution in [2.24, 2.45) is 0 Å². The van der Waals surface area contributed by atoms with Gasteiger partial charge in [-0.25, -0.2) is 9.78 Å². The first-order valence-corrected chi connectivity index (χ1v) is 15.0. The van der Waals surface area contributed by atoms with Gasteiger partial charge in [-0.15, -0.1) is 0 Å². The number of nitrogens with zero attached hydrogens (tertiary/aromatic N) is 2. The highest BCUT2D eigenvalue weighted by atomic mass is 32.1. The summed E-state index contributed by atoms with van der Waals surface area (Å²) in [4.78, 5) is 46.4. The van der Waals surface area contributed by atoms with Gasteiger partial charge in [-0.1, -0.05) is 68.0 Å². The molecule has 4 aromatic rings. The average molecular weight is 617 g/mol. The van der Waals surface area contributed by atoms with Crippen LogP contribution in [0.2, 0.25) is 0 Å². The molecule has 10 nitrogen and oxygen atoms in total. The molecule has 228 valence electrons. The summed E-state index contributed by atoms with van der Waals surface area (Å²) in [6.07, 6.45) is 4.38. The lowest BCUT2D eigenvalue weighted by atomic mass is 9.95. The molecule has 1 aliphatic heterocycles. The lowest BCUT2D eigenvalue weighted by molar-refractivity contribution is -0.117. The maximum atomic E-state index is 14.1. The third-order valence-electron chi connectivity index (χ3n) is 7.10. The zero-order chi connectivity index (χ0) is 31.4. The molecule has 1 atom stereocenters. The van der Waals surface area contributed by atoms with E-state index in [0.29, 0.717) is 40.3 Å². The van der Waals surface area contributed by atoms with Gasteiger partial charge in [-0.2, -0.15) is 0 Å². The molecule has 0 radical (unpaired) electrons. The number of hydrogen-bond acceptors (Lipinski definition) is 10. The van der Waals surface area contributed by atoms with Crippen LogP contribution in [-0.2, 0) is 9.53 Å². The summed E-state index contributed by atoms with van der Waals surface area (Å²) >= 11 is 0.926. The Morgan fingerprint density at radius 2 is 1.98 bits per heavy atom. The van der Waals surface area contributed by atoms with E-state index in [-0.39, 0.29) is 27.9 Å². The maximum Gasteiger partial charge on any atom is 0.350 e. The second-order valence-electron chi connectivity index (χ2n) is 10.1. The van der Waals surface area contributed by atoms with Crippen LogP contribution in [0, 0.1) is 6.92 Å². The van der Waals surface area contributed by atoms with Crippen LogP contribution in [0.5, 0.6) is 11.5 Å². The van der Waals surface area contributed by atoms with Gasteiger partial charge in [0.25, 0.3) is 5.91 Å². The third-order valence-corrected chi connectivity index (χ3v) is 8.24. The number of thiazole rings is 1. The number of para-hydroxylation sites is 1. The fraction of sp³-hybridized carbons (Fsp3) is 0.273. The van der Waals surface area contributed by atoms with Crippen LogP contribution >= 0.6 is 11.3 Å². The van der Waals surface area contributed by atoms with Crippen molar-refractivity contribution in [3.63, 3.8) is 0 Å². The normalized spacial score (nSPS) is 14.8. The van der Waals surface area contributed by atoms with E-state index < -0.39 is 29.5 Å². The molecule has 0 aliphatic carbocycles. The van der Waals surface area contributed by atoms with Crippen molar-refractivity contribution in [3.8, 4) is 11.5 Å². The summed E-state index contributed by atoms with van der Waals surface area (Å²) in [6.45, 7) is 7.78. The quantitative estimate of drug-likeness (QED) is 0.0738. The van der Waals surface area contributed by atoms with E-state index in [2.05, 4.69) is 18.5 Å². The lowest BCUT2D eigenvalue weighted by Gasteiger charge is -2.24. The minimum Gasteiger partial charge on any atom is -0.503 e. The van der Waals surface area contributed by atoms with E-state index in [1.807, 2.05) is 0 Å². The number of rotatable bonds is 13. The number of carbonyl (C=O) groups is 3. The molecular weight excluding hydrogens is 584 g/mol. The van der Waals surface area contributed by atoms with Gasteiger partial charge >= 0.3 is 5.97 Å². The number of hydrogen-bond donors (Lipinski definition) is 1. The summed E-state index contributed by atoms with van der Waals surface area (Å²) in [5, 5.41) is 12.0. The Morgan fingerprint density at radius 3 is 2.73 bits per heavy atom. The Bertz CT molecular complexity index is 1770. The van der Waals surface area contributed by atoms with Crippen LogP contribution in [-0.4, -0.2) is 48.1 Å². The molecule has 11 heteroatoms. The van der Waals surface area contributed by atoms with E-state index in [1.54, 1.807) is 55.5 Å². The van der Waals surface area contributed by atoms with Crippen LogP contribution in [0.25, 0.3) is 11.0 Å². The predicted molar refractivity (Wildman–Crippen MR) is 166 cm³/mol. The summed E-state index contributed by atoms with van der Waals surface area (Å²) in [5.41, 5.74) is 0.995. The monoisotopic (exact) mass is 616 g/mol. The molecule has 3 heterocycles. The second kappa shape index (κ2) is 13.2. The number of fused-ring (bicyclic) bond motifs is 1. The Balaban J connectivity index is 1.59. The highest BCUT2D eigenvalue weighted by molar-refractivity contribution is 7.17.